The van der Waals surface area contributed by atoms with Crippen molar-refractivity contribution in [3.63, 3.8) is 0 Å². The van der Waals surface area contributed by atoms with Crippen molar-refractivity contribution in [2.75, 3.05) is 49.6 Å². The number of ether oxygens (including phenoxy) is 1. The summed E-state index contributed by atoms with van der Waals surface area (Å²) in [5.74, 6) is 1.30. The highest BCUT2D eigenvalue weighted by atomic mass is 16.5. The lowest BCUT2D eigenvalue weighted by Gasteiger charge is -2.43. The molecule has 0 unspecified atom stereocenters. The van der Waals surface area contributed by atoms with Crippen LogP contribution in [-0.2, 0) is 4.74 Å². The first-order valence-electron chi connectivity index (χ1n) is 10.0. The van der Waals surface area contributed by atoms with Crippen LogP contribution in [0.25, 0.3) is 5.82 Å². The third kappa shape index (κ3) is 3.94. The van der Waals surface area contributed by atoms with Crippen LogP contribution in [0.2, 0.25) is 0 Å². The van der Waals surface area contributed by atoms with Crippen LogP contribution in [-0.4, -0.2) is 70.1 Å². The summed E-state index contributed by atoms with van der Waals surface area (Å²) >= 11 is 0. The van der Waals surface area contributed by atoms with Gasteiger partial charge >= 0.3 is 0 Å². The summed E-state index contributed by atoms with van der Waals surface area (Å²) < 4.78 is 7.01. The van der Waals surface area contributed by atoms with Crippen LogP contribution >= 0.6 is 0 Å². The zero-order valence-corrected chi connectivity index (χ0v) is 16.5. The van der Waals surface area contributed by atoms with Gasteiger partial charge in [-0.3, -0.25) is 4.90 Å². The molecular formula is C21H27N7O. The van der Waals surface area contributed by atoms with E-state index in [1.165, 1.54) is 11.3 Å². The van der Waals surface area contributed by atoms with Gasteiger partial charge in [0.15, 0.2) is 5.82 Å². The molecule has 0 amide bonds. The monoisotopic (exact) mass is 393 g/mol. The van der Waals surface area contributed by atoms with Crippen LogP contribution in [0.15, 0.2) is 48.9 Å². The number of hydrogen-bond donors (Lipinski definition) is 1. The molecule has 2 aliphatic rings. The van der Waals surface area contributed by atoms with E-state index in [1.54, 1.807) is 17.2 Å². The summed E-state index contributed by atoms with van der Waals surface area (Å²) in [7, 11) is 0. The van der Waals surface area contributed by atoms with E-state index in [-0.39, 0.29) is 1.43 Å². The number of pyridine rings is 1. The Kier molecular flexibility index (Phi) is 4.87. The Balaban J connectivity index is 0.00000218. The molecule has 1 aromatic carbocycles. The molecule has 0 aliphatic carbocycles. The number of nitrogens with zero attached hydrogens (tertiary/aromatic N) is 6. The van der Waals surface area contributed by atoms with E-state index in [0.29, 0.717) is 12.0 Å². The number of benzene rings is 1. The molecule has 0 atom stereocenters. The lowest BCUT2D eigenvalue weighted by Crippen LogP contribution is -2.56. The lowest BCUT2D eigenvalue weighted by molar-refractivity contribution is -0.0660. The molecule has 8 heteroatoms. The highest BCUT2D eigenvalue weighted by Crippen LogP contribution is 2.26. The first kappa shape index (κ1) is 18.1. The molecule has 29 heavy (non-hydrogen) atoms. The van der Waals surface area contributed by atoms with Crippen molar-refractivity contribution in [2.24, 2.45) is 0 Å². The Bertz CT molecular complexity index is 968. The topological polar surface area (TPSA) is 71.3 Å². The molecule has 1 N–H and O–H groups in total. The number of aryl methyl sites for hydroxylation is 1. The average Bonchev–Trinajstić information content (AvgIpc) is 3.16. The van der Waals surface area contributed by atoms with Crippen LogP contribution < -0.4 is 10.2 Å². The van der Waals surface area contributed by atoms with Crippen molar-refractivity contribution in [2.45, 2.75) is 13.0 Å². The van der Waals surface area contributed by atoms with Gasteiger partial charge in [0, 0.05) is 45.2 Å². The molecule has 152 valence electrons. The fourth-order valence-corrected chi connectivity index (χ4v) is 3.85. The molecule has 2 aromatic heterocycles. The second-order valence-electron chi connectivity index (χ2n) is 7.60. The van der Waals surface area contributed by atoms with Crippen molar-refractivity contribution >= 4 is 17.3 Å². The zero-order chi connectivity index (χ0) is 19.6. The highest BCUT2D eigenvalue weighted by Gasteiger charge is 2.29. The average molecular weight is 393 g/mol. The lowest BCUT2D eigenvalue weighted by atomic mass is 10.1. The molecule has 3 aromatic rings. The summed E-state index contributed by atoms with van der Waals surface area (Å²) in [4.78, 5) is 13.7. The number of rotatable bonds is 5. The van der Waals surface area contributed by atoms with Gasteiger partial charge in [-0.1, -0.05) is 6.07 Å². The summed E-state index contributed by atoms with van der Waals surface area (Å²) in [5.41, 5.74) is 3.44. The zero-order valence-electron chi connectivity index (χ0n) is 16.5. The second kappa shape index (κ2) is 7.81. The quantitative estimate of drug-likeness (QED) is 0.714. The van der Waals surface area contributed by atoms with Crippen LogP contribution in [0.4, 0.5) is 17.3 Å². The number of aromatic nitrogens is 4. The summed E-state index contributed by atoms with van der Waals surface area (Å²) in [5, 5.41) is 7.83. The van der Waals surface area contributed by atoms with Gasteiger partial charge in [-0.15, -0.1) is 5.10 Å². The third-order valence-corrected chi connectivity index (χ3v) is 5.51. The molecular weight excluding hydrogens is 366 g/mol. The van der Waals surface area contributed by atoms with E-state index in [2.05, 4.69) is 55.3 Å². The Morgan fingerprint density at radius 2 is 1.93 bits per heavy atom. The van der Waals surface area contributed by atoms with Crippen LogP contribution in [0.3, 0.4) is 0 Å². The van der Waals surface area contributed by atoms with Gasteiger partial charge < -0.3 is 15.0 Å². The van der Waals surface area contributed by atoms with E-state index in [9.17, 15) is 0 Å². The molecule has 0 radical (unpaired) electrons. The minimum atomic E-state index is 0. The van der Waals surface area contributed by atoms with E-state index in [0.717, 1.165) is 50.9 Å². The molecule has 0 spiro atoms. The summed E-state index contributed by atoms with van der Waals surface area (Å²) in [6, 6.07) is 12.9. The number of piperazine rings is 1. The van der Waals surface area contributed by atoms with Crippen molar-refractivity contribution in [1.82, 2.24) is 24.6 Å². The Morgan fingerprint density at radius 1 is 1.07 bits per heavy atom. The Hall–Kier alpha value is -2.97. The maximum atomic E-state index is 5.34. The summed E-state index contributed by atoms with van der Waals surface area (Å²) in [6.45, 7) is 8.13. The molecule has 8 nitrogen and oxygen atoms in total. The van der Waals surface area contributed by atoms with Gasteiger partial charge in [0.25, 0.3) is 0 Å². The first-order chi connectivity index (χ1) is 14.2. The van der Waals surface area contributed by atoms with Crippen molar-refractivity contribution in [3.05, 3.63) is 54.5 Å². The van der Waals surface area contributed by atoms with Gasteiger partial charge in [-0.25, -0.2) is 9.67 Å². The number of hydrogen-bond acceptors (Lipinski definition) is 7. The van der Waals surface area contributed by atoms with Crippen molar-refractivity contribution < 1.29 is 6.16 Å². The van der Waals surface area contributed by atoms with Gasteiger partial charge in [0.05, 0.1) is 19.3 Å². The predicted molar refractivity (Wildman–Crippen MR) is 114 cm³/mol. The minimum absolute atomic E-state index is 0. The van der Waals surface area contributed by atoms with Crippen molar-refractivity contribution in [3.8, 4) is 5.82 Å². The van der Waals surface area contributed by atoms with E-state index in [1.807, 2.05) is 18.2 Å². The molecule has 0 bridgehead atoms. The molecule has 4 heterocycles. The minimum Gasteiger partial charge on any atom is -0.378 e. The fraction of sp³-hybridized carbons (Fsp3) is 0.381. The van der Waals surface area contributed by atoms with E-state index < -0.39 is 0 Å². The number of nitrogens with one attached hydrogen (secondary N) is 1. The van der Waals surface area contributed by atoms with Gasteiger partial charge in [-0.05, 0) is 42.8 Å². The van der Waals surface area contributed by atoms with Gasteiger partial charge in [-0.2, -0.15) is 4.98 Å². The standard InChI is InChI=1S/C21H25N7O.H2/c1-16-10-17(24-21-23-15-28(25-21)20-4-2-3-5-22-20)12-18(11-16)26-6-8-27(9-7-26)19-13-29-14-19;/h2-5,10-12,15,19H,6-9,13-14H2,1H3,(H,24,25);1H. The molecule has 2 saturated heterocycles. The SMILES string of the molecule is Cc1cc(Nc2ncn(-c3ccccn3)n2)cc(N2CCN(C3COC3)CC2)c1.[HH]. The van der Waals surface area contributed by atoms with Gasteiger partial charge in [0.2, 0.25) is 5.95 Å². The Labute approximate surface area is 171 Å². The van der Waals surface area contributed by atoms with Crippen LogP contribution in [0.5, 0.6) is 0 Å². The second-order valence-corrected chi connectivity index (χ2v) is 7.60. The molecule has 0 saturated carbocycles. The normalized spacial score (nSPS) is 17.9. The third-order valence-electron chi connectivity index (χ3n) is 5.51. The van der Waals surface area contributed by atoms with Crippen molar-refractivity contribution in [1.29, 1.82) is 0 Å². The van der Waals surface area contributed by atoms with Crippen LogP contribution in [0.1, 0.15) is 6.99 Å². The molecule has 5 rings (SSSR count). The number of anilines is 3. The maximum absolute atomic E-state index is 5.34. The maximum Gasteiger partial charge on any atom is 0.247 e. The van der Waals surface area contributed by atoms with Crippen LogP contribution in [0, 0.1) is 6.92 Å². The highest BCUT2D eigenvalue weighted by molar-refractivity contribution is 5.64. The largest absolute Gasteiger partial charge is 0.378 e. The van der Waals surface area contributed by atoms with E-state index in [4.69, 9.17) is 4.74 Å². The summed E-state index contributed by atoms with van der Waals surface area (Å²) in [6.07, 6.45) is 3.42. The predicted octanol–water partition coefficient (Wildman–Crippen LogP) is 2.48. The first-order valence-corrected chi connectivity index (χ1v) is 10.0. The fourth-order valence-electron chi connectivity index (χ4n) is 3.85. The Morgan fingerprint density at radius 3 is 2.66 bits per heavy atom. The smallest absolute Gasteiger partial charge is 0.247 e. The van der Waals surface area contributed by atoms with Gasteiger partial charge in [0.1, 0.15) is 6.33 Å². The molecule has 2 aliphatic heterocycles. The van der Waals surface area contributed by atoms with E-state index >= 15 is 0 Å². The molecule has 2 fully saturated rings.